The molecule has 1 heterocycles. The van der Waals surface area contributed by atoms with Crippen molar-refractivity contribution in [3.05, 3.63) is 59.9 Å². The highest BCUT2D eigenvalue weighted by atomic mass is 32.2. The van der Waals surface area contributed by atoms with Crippen molar-refractivity contribution in [3.63, 3.8) is 0 Å². The molecule has 0 aliphatic carbocycles. The number of nitrogens with zero attached hydrogens (tertiary/aromatic N) is 2. The van der Waals surface area contributed by atoms with Crippen LogP contribution in [0.2, 0.25) is 0 Å². The Morgan fingerprint density at radius 2 is 1.73 bits per heavy atom. The fourth-order valence-electron chi connectivity index (χ4n) is 3.38. The van der Waals surface area contributed by atoms with Gasteiger partial charge in [-0.3, -0.25) is 9.10 Å². The van der Waals surface area contributed by atoms with E-state index in [1.165, 1.54) is 19.1 Å². The first-order valence-electron chi connectivity index (χ1n) is 9.70. The predicted molar refractivity (Wildman–Crippen MR) is 115 cm³/mol. The lowest BCUT2D eigenvalue weighted by atomic mass is 10.1. The zero-order chi connectivity index (χ0) is 21.7. The Morgan fingerprint density at radius 1 is 1.13 bits per heavy atom. The maximum atomic E-state index is 13.2. The average Bonchev–Trinajstić information content (AvgIpc) is 2.73. The highest BCUT2D eigenvalue weighted by Gasteiger charge is 2.29. The second kappa shape index (κ2) is 9.44. The minimum absolute atomic E-state index is 0.233. The van der Waals surface area contributed by atoms with Crippen molar-refractivity contribution in [1.82, 2.24) is 5.32 Å². The van der Waals surface area contributed by atoms with Gasteiger partial charge in [-0.1, -0.05) is 12.1 Å². The molecule has 1 aliphatic rings. The normalized spacial score (nSPS) is 15.5. The number of carbonyl (C=O) groups excluding carboxylic acids is 1. The molecule has 1 saturated heterocycles. The standard InChI is InChI=1S/C21H26FN3O4S/c1-16(25(30(2,27)28)20-9-5-18(22)6-10-20)21(26)23-15-17-3-7-19(8-4-17)24-11-13-29-14-12-24/h3-10,16H,11-15H2,1-2H3,(H,23,26). The molecule has 1 aliphatic heterocycles. The van der Waals surface area contributed by atoms with Gasteiger partial charge in [0, 0.05) is 25.3 Å². The molecule has 1 N–H and O–H groups in total. The quantitative estimate of drug-likeness (QED) is 0.721. The fourth-order valence-corrected chi connectivity index (χ4v) is 4.55. The summed E-state index contributed by atoms with van der Waals surface area (Å²) in [6.07, 6.45) is 1.02. The highest BCUT2D eigenvalue weighted by Crippen LogP contribution is 2.21. The molecule has 1 amide bonds. The smallest absolute Gasteiger partial charge is 0.243 e. The Morgan fingerprint density at radius 3 is 2.30 bits per heavy atom. The molecule has 0 aromatic heterocycles. The largest absolute Gasteiger partial charge is 0.378 e. The first kappa shape index (κ1) is 22.0. The number of nitrogens with one attached hydrogen (secondary N) is 1. The van der Waals surface area contributed by atoms with Gasteiger partial charge in [0.25, 0.3) is 0 Å². The van der Waals surface area contributed by atoms with Gasteiger partial charge < -0.3 is 15.0 Å². The number of amides is 1. The molecule has 2 aromatic carbocycles. The number of morpholine rings is 1. The van der Waals surface area contributed by atoms with Crippen LogP contribution in [0.3, 0.4) is 0 Å². The number of halogens is 1. The van der Waals surface area contributed by atoms with Crippen LogP contribution in [0.1, 0.15) is 12.5 Å². The first-order chi connectivity index (χ1) is 14.3. The van der Waals surface area contributed by atoms with Crippen molar-refractivity contribution in [2.75, 3.05) is 41.8 Å². The second-order valence-electron chi connectivity index (χ2n) is 7.19. The van der Waals surface area contributed by atoms with Crippen molar-refractivity contribution in [2.24, 2.45) is 0 Å². The number of hydrogen-bond donors (Lipinski definition) is 1. The molecule has 0 spiro atoms. The van der Waals surface area contributed by atoms with Crippen molar-refractivity contribution in [2.45, 2.75) is 19.5 Å². The van der Waals surface area contributed by atoms with Crippen LogP contribution in [-0.4, -0.2) is 52.9 Å². The minimum atomic E-state index is -3.74. The molecule has 30 heavy (non-hydrogen) atoms. The van der Waals surface area contributed by atoms with Gasteiger partial charge in [0.05, 0.1) is 25.2 Å². The van der Waals surface area contributed by atoms with E-state index in [9.17, 15) is 17.6 Å². The third-order valence-corrected chi connectivity index (χ3v) is 6.19. The summed E-state index contributed by atoms with van der Waals surface area (Å²) < 4.78 is 44.1. The predicted octanol–water partition coefficient (Wildman–Crippen LogP) is 2.13. The molecule has 0 bridgehead atoms. The molecule has 1 fully saturated rings. The van der Waals surface area contributed by atoms with Gasteiger partial charge in [0.2, 0.25) is 15.9 Å². The number of hydrogen-bond acceptors (Lipinski definition) is 5. The van der Waals surface area contributed by atoms with E-state index in [-0.39, 0.29) is 12.2 Å². The van der Waals surface area contributed by atoms with Crippen LogP contribution in [0.15, 0.2) is 48.5 Å². The van der Waals surface area contributed by atoms with E-state index >= 15 is 0 Å². The summed E-state index contributed by atoms with van der Waals surface area (Å²) in [5.74, 6) is -0.924. The zero-order valence-corrected chi connectivity index (χ0v) is 17.9. The topological polar surface area (TPSA) is 79.0 Å². The number of anilines is 2. The van der Waals surface area contributed by atoms with Gasteiger partial charge in [-0.05, 0) is 48.9 Å². The summed E-state index contributed by atoms with van der Waals surface area (Å²) in [4.78, 5) is 14.9. The Kier molecular flexibility index (Phi) is 6.94. The van der Waals surface area contributed by atoms with Gasteiger partial charge in [0.15, 0.2) is 0 Å². The molecule has 1 unspecified atom stereocenters. The van der Waals surface area contributed by atoms with Gasteiger partial charge in [-0.2, -0.15) is 0 Å². The Balaban J connectivity index is 1.64. The molecule has 3 rings (SSSR count). The zero-order valence-electron chi connectivity index (χ0n) is 17.0. The molecule has 1 atom stereocenters. The first-order valence-corrected chi connectivity index (χ1v) is 11.5. The van der Waals surface area contributed by atoms with Crippen LogP contribution in [0.5, 0.6) is 0 Å². The van der Waals surface area contributed by atoms with Crippen LogP contribution in [0.4, 0.5) is 15.8 Å². The number of benzene rings is 2. The number of sulfonamides is 1. The Hall–Kier alpha value is -2.65. The SMILES string of the molecule is CC(C(=O)NCc1ccc(N2CCOCC2)cc1)N(c1ccc(F)cc1)S(C)(=O)=O. The Bertz CT molecular complexity index is 959. The Labute approximate surface area is 176 Å². The van der Waals surface area contributed by atoms with Crippen LogP contribution >= 0.6 is 0 Å². The van der Waals surface area contributed by atoms with Gasteiger partial charge in [-0.25, -0.2) is 12.8 Å². The van der Waals surface area contributed by atoms with Gasteiger partial charge in [-0.15, -0.1) is 0 Å². The maximum absolute atomic E-state index is 13.2. The summed E-state index contributed by atoms with van der Waals surface area (Å²) in [6, 6.07) is 11.9. The lowest BCUT2D eigenvalue weighted by Gasteiger charge is -2.29. The van der Waals surface area contributed by atoms with E-state index < -0.39 is 27.8 Å². The van der Waals surface area contributed by atoms with E-state index in [0.29, 0.717) is 13.2 Å². The highest BCUT2D eigenvalue weighted by molar-refractivity contribution is 7.92. The van der Waals surface area contributed by atoms with E-state index in [4.69, 9.17) is 4.74 Å². The van der Waals surface area contributed by atoms with Crippen molar-refractivity contribution >= 4 is 27.3 Å². The van der Waals surface area contributed by atoms with Crippen LogP contribution in [-0.2, 0) is 26.1 Å². The van der Waals surface area contributed by atoms with Gasteiger partial charge in [0.1, 0.15) is 11.9 Å². The molecule has 9 heteroatoms. The van der Waals surface area contributed by atoms with Gasteiger partial charge >= 0.3 is 0 Å². The summed E-state index contributed by atoms with van der Waals surface area (Å²) >= 11 is 0. The second-order valence-corrected chi connectivity index (χ2v) is 9.05. The lowest BCUT2D eigenvalue weighted by molar-refractivity contribution is -0.122. The summed E-state index contributed by atoms with van der Waals surface area (Å²) in [7, 11) is -3.74. The molecule has 0 radical (unpaired) electrons. The van der Waals surface area contributed by atoms with E-state index in [0.717, 1.165) is 47.0 Å². The summed E-state index contributed by atoms with van der Waals surface area (Å²) in [5.41, 5.74) is 2.23. The third-order valence-electron chi connectivity index (χ3n) is 4.95. The van der Waals surface area contributed by atoms with Crippen LogP contribution in [0.25, 0.3) is 0 Å². The van der Waals surface area contributed by atoms with Crippen molar-refractivity contribution < 1.29 is 22.3 Å². The summed E-state index contributed by atoms with van der Waals surface area (Å²) in [5, 5.41) is 2.78. The third kappa shape index (κ3) is 5.48. The van der Waals surface area contributed by atoms with Crippen molar-refractivity contribution in [3.8, 4) is 0 Å². The van der Waals surface area contributed by atoms with E-state index in [1.54, 1.807) is 0 Å². The monoisotopic (exact) mass is 435 g/mol. The van der Waals surface area contributed by atoms with E-state index in [2.05, 4.69) is 10.2 Å². The summed E-state index contributed by atoms with van der Waals surface area (Å²) in [6.45, 7) is 4.88. The van der Waals surface area contributed by atoms with Crippen molar-refractivity contribution in [1.29, 1.82) is 0 Å². The molecular formula is C21H26FN3O4S. The molecule has 2 aromatic rings. The van der Waals surface area contributed by atoms with Crippen LogP contribution in [0, 0.1) is 5.82 Å². The lowest BCUT2D eigenvalue weighted by Crippen LogP contribution is -2.47. The molecule has 0 saturated carbocycles. The molecule has 7 nitrogen and oxygen atoms in total. The van der Waals surface area contributed by atoms with E-state index in [1.807, 2.05) is 24.3 Å². The minimum Gasteiger partial charge on any atom is -0.378 e. The molecule has 162 valence electrons. The number of rotatable bonds is 7. The number of ether oxygens (including phenoxy) is 1. The average molecular weight is 436 g/mol. The van der Waals surface area contributed by atoms with Crippen LogP contribution < -0.4 is 14.5 Å². The molecular weight excluding hydrogens is 409 g/mol. The fraction of sp³-hybridized carbons (Fsp3) is 0.381. The number of carbonyl (C=O) groups is 1. The maximum Gasteiger partial charge on any atom is 0.243 e.